The highest BCUT2D eigenvalue weighted by Crippen LogP contribution is 2.25. The van der Waals surface area contributed by atoms with Gasteiger partial charge in [0.2, 0.25) is 0 Å². The first-order chi connectivity index (χ1) is 7.58. The first-order valence-corrected chi connectivity index (χ1v) is 6.41. The van der Waals surface area contributed by atoms with E-state index < -0.39 is 0 Å². The van der Waals surface area contributed by atoms with E-state index in [1.54, 1.807) is 0 Å². The molecule has 0 atom stereocenters. The van der Waals surface area contributed by atoms with Crippen LogP contribution in [0.4, 0.5) is 0 Å². The molecule has 84 valence electrons. The molecule has 2 rings (SSSR count). The van der Waals surface area contributed by atoms with Crippen molar-refractivity contribution in [1.82, 2.24) is 15.2 Å². The lowest BCUT2D eigenvalue weighted by Crippen LogP contribution is -1.89. The van der Waals surface area contributed by atoms with Crippen molar-refractivity contribution in [3.05, 3.63) is 32.6 Å². The molecule has 0 fully saturated rings. The fourth-order valence-corrected chi connectivity index (χ4v) is 1.81. The molecule has 1 aromatic heterocycles. The van der Waals surface area contributed by atoms with Crippen LogP contribution in [0.5, 0.6) is 0 Å². The summed E-state index contributed by atoms with van der Waals surface area (Å²) in [6, 6.07) is 5.82. The molecule has 0 spiro atoms. The zero-order chi connectivity index (χ0) is 11.7. The third-order valence-corrected chi connectivity index (χ3v) is 3.80. The maximum absolute atomic E-state index is 6.06. The summed E-state index contributed by atoms with van der Waals surface area (Å²) in [5.74, 6) is 1.94. The molecule has 0 saturated heterocycles. The number of H-pyrrole nitrogens is 1. The van der Waals surface area contributed by atoms with E-state index >= 15 is 0 Å². The molecule has 0 saturated carbocycles. The minimum Gasteiger partial charge on any atom is -0.262 e. The quantitative estimate of drug-likeness (QED) is 0.838. The van der Waals surface area contributed by atoms with E-state index in [1.165, 1.54) is 0 Å². The molecular formula is C11H11ClIN3. The lowest BCUT2D eigenvalue weighted by atomic mass is 10.2. The van der Waals surface area contributed by atoms with Crippen molar-refractivity contribution in [2.75, 3.05) is 0 Å². The zero-order valence-corrected chi connectivity index (χ0v) is 11.9. The van der Waals surface area contributed by atoms with Gasteiger partial charge in [-0.05, 0) is 40.8 Å². The largest absolute Gasteiger partial charge is 0.262 e. The number of aromatic nitrogens is 3. The number of benzene rings is 1. The van der Waals surface area contributed by atoms with Crippen LogP contribution in [0.25, 0.3) is 11.4 Å². The molecule has 5 heteroatoms. The Balaban J connectivity index is 2.39. The molecule has 16 heavy (non-hydrogen) atoms. The van der Waals surface area contributed by atoms with Crippen LogP contribution in [-0.4, -0.2) is 15.2 Å². The van der Waals surface area contributed by atoms with Gasteiger partial charge in [-0.2, -0.15) is 5.10 Å². The number of hydrogen-bond donors (Lipinski definition) is 1. The summed E-state index contributed by atoms with van der Waals surface area (Å²) in [6.45, 7) is 4.15. The van der Waals surface area contributed by atoms with E-state index in [9.17, 15) is 0 Å². The SMILES string of the molecule is CC(C)c1nc(-c2ccc(I)c(Cl)c2)n[nH]1. The van der Waals surface area contributed by atoms with Gasteiger partial charge in [-0.25, -0.2) is 4.98 Å². The predicted molar refractivity (Wildman–Crippen MR) is 73.6 cm³/mol. The van der Waals surface area contributed by atoms with Gasteiger partial charge in [0.25, 0.3) is 0 Å². The van der Waals surface area contributed by atoms with Crippen LogP contribution in [0, 0.1) is 3.57 Å². The van der Waals surface area contributed by atoms with E-state index in [4.69, 9.17) is 11.6 Å². The summed E-state index contributed by atoms with van der Waals surface area (Å²) in [6.07, 6.45) is 0. The summed E-state index contributed by atoms with van der Waals surface area (Å²) < 4.78 is 1.03. The first kappa shape index (κ1) is 11.9. The topological polar surface area (TPSA) is 41.6 Å². The first-order valence-electron chi connectivity index (χ1n) is 4.95. The van der Waals surface area contributed by atoms with E-state index in [2.05, 4.69) is 51.6 Å². The fraction of sp³-hybridized carbons (Fsp3) is 0.273. The van der Waals surface area contributed by atoms with Gasteiger partial charge in [-0.3, -0.25) is 5.10 Å². The van der Waals surface area contributed by atoms with Gasteiger partial charge in [0.05, 0.1) is 5.02 Å². The zero-order valence-electron chi connectivity index (χ0n) is 8.96. The number of hydrogen-bond acceptors (Lipinski definition) is 2. The number of rotatable bonds is 2. The molecule has 0 radical (unpaired) electrons. The molecule has 1 aromatic carbocycles. The number of nitrogens with one attached hydrogen (secondary N) is 1. The second-order valence-corrected chi connectivity index (χ2v) is 5.40. The minimum absolute atomic E-state index is 0.348. The highest BCUT2D eigenvalue weighted by molar-refractivity contribution is 14.1. The standard InChI is InChI=1S/C11H11ClIN3/c1-6(2)10-14-11(16-15-10)7-3-4-9(13)8(12)5-7/h3-6H,1-2H3,(H,14,15,16). The van der Waals surface area contributed by atoms with Crippen LogP contribution < -0.4 is 0 Å². The average molecular weight is 348 g/mol. The highest BCUT2D eigenvalue weighted by atomic mass is 127. The summed E-state index contributed by atoms with van der Waals surface area (Å²) in [5, 5.41) is 7.84. The van der Waals surface area contributed by atoms with Gasteiger partial charge in [-0.1, -0.05) is 25.4 Å². The van der Waals surface area contributed by atoms with E-state index in [-0.39, 0.29) is 0 Å². The Hall–Kier alpha value is -0.620. The van der Waals surface area contributed by atoms with E-state index in [1.807, 2.05) is 18.2 Å². The summed E-state index contributed by atoms with van der Waals surface area (Å²) in [5.41, 5.74) is 0.938. The van der Waals surface area contributed by atoms with Crippen molar-refractivity contribution < 1.29 is 0 Å². The van der Waals surface area contributed by atoms with Gasteiger partial charge in [-0.15, -0.1) is 0 Å². The molecule has 1 heterocycles. The third kappa shape index (κ3) is 2.38. The van der Waals surface area contributed by atoms with Crippen LogP contribution >= 0.6 is 34.2 Å². The van der Waals surface area contributed by atoms with Crippen molar-refractivity contribution in [2.45, 2.75) is 19.8 Å². The van der Waals surface area contributed by atoms with Crippen LogP contribution in [0.2, 0.25) is 5.02 Å². The monoisotopic (exact) mass is 347 g/mol. The average Bonchev–Trinajstić information content (AvgIpc) is 2.71. The Morgan fingerprint density at radius 3 is 2.69 bits per heavy atom. The van der Waals surface area contributed by atoms with Gasteiger partial charge in [0.1, 0.15) is 5.82 Å². The fourth-order valence-electron chi connectivity index (χ4n) is 1.30. The molecule has 0 aliphatic heterocycles. The highest BCUT2D eigenvalue weighted by Gasteiger charge is 2.09. The molecule has 0 bridgehead atoms. The Morgan fingerprint density at radius 2 is 2.12 bits per heavy atom. The van der Waals surface area contributed by atoms with Gasteiger partial charge < -0.3 is 0 Å². The smallest absolute Gasteiger partial charge is 0.181 e. The Kier molecular flexibility index (Phi) is 3.49. The lowest BCUT2D eigenvalue weighted by molar-refractivity contribution is 0.781. The minimum atomic E-state index is 0.348. The molecule has 3 nitrogen and oxygen atoms in total. The summed E-state index contributed by atoms with van der Waals surface area (Å²) >= 11 is 8.26. The van der Waals surface area contributed by atoms with Crippen LogP contribution in [0.15, 0.2) is 18.2 Å². The van der Waals surface area contributed by atoms with E-state index in [0.29, 0.717) is 11.7 Å². The summed E-state index contributed by atoms with van der Waals surface area (Å²) in [7, 11) is 0. The predicted octanol–water partition coefficient (Wildman–Crippen LogP) is 3.85. The molecule has 0 unspecified atom stereocenters. The Labute approximate surface area is 113 Å². The molecular weight excluding hydrogens is 336 g/mol. The van der Waals surface area contributed by atoms with Gasteiger partial charge in [0.15, 0.2) is 5.82 Å². The van der Waals surface area contributed by atoms with Crippen LogP contribution in [-0.2, 0) is 0 Å². The van der Waals surface area contributed by atoms with Gasteiger partial charge in [0, 0.05) is 15.1 Å². The van der Waals surface area contributed by atoms with Crippen molar-refractivity contribution in [2.24, 2.45) is 0 Å². The molecule has 0 aliphatic rings. The Morgan fingerprint density at radius 1 is 1.38 bits per heavy atom. The van der Waals surface area contributed by atoms with Crippen molar-refractivity contribution in [3.8, 4) is 11.4 Å². The molecule has 1 N–H and O–H groups in total. The van der Waals surface area contributed by atoms with Gasteiger partial charge >= 0.3 is 0 Å². The van der Waals surface area contributed by atoms with Crippen molar-refractivity contribution in [1.29, 1.82) is 0 Å². The maximum Gasteiger partial charge on any atom is 0.181 e. The summed E-state index contributed by atoms with van der Waals surface area (Å²) in [4.78, 5) is 4.42. The lowest BCUT2D eigenvalue weighted by Gasteiger charge is -1.99. The number of halogens is 2. The molecule has 0 aliphatic carbocycles. The molecule has 0 amide bonds. The van der Waals surface area contributed by atoms with E-state index in [0.717, 1.165) is 20.0 Å². The van der Waals surface area contributed by atoms with Crippen molar-refractivity contribution >= 4 is 34.2 Å². The van der Waals surface area contributed by atoms with Crippen molar-refractivity contribution in [3.63, 3.8) is 0 Å². The second-order valence-electron chi connectivity index (χ2n) is 3.83. The van der Waals surface area contributed by atoms with Crippen LogP contribution in [0.1, 0.15) is 25.6 Å². The maximum atomic E-state index is 6.06. The molecule has 2 aromatic rings. The third-order valence-electron chi connectivity index (χ3n) is 2.23. The number of aromatic amines is 1. The Bertz CT molecular complexity index is 508. The normalized spacial score (nSPS) is 11.1. The number of nitrogens with zero attached hydrogens (tertiary/aromatic N) is 2. The van der Waals surface area contributed by atoms with Crippen LogP contribution in [0.3, 0.4) is 0 Å². The second kappa shape index (κ2) is 4.71.